The topological polar surface area (TPSA) is 38.3 Å². The molecule has 0 atom stereocenters. The van der Waals surface area contributed by atoms with Crippen molar-refractivity contribution >= 4 is 23.2 Å². The van der Waals surface area contributed by atoms with Crippen LogP contribution in [0.2, 0.25) is 5.02 Å². The fourth-order valence-electron chi connectivity index (χ4n) is 1.86. The van der Waals surface area contributed by atoms with Gasteiger partial charge in [0.2, 0.25) is 5.91 Å². The predicted molar refractivity (Wildman–Crippen MR) is 86.0 cm³/mol. The molecule has 0 fully saturated rings. The number of ether oxygens (including phenoxy) is 1. The van der Waals surface area contributed by atoms with E-state index in [1.807, 2.05) is 36.4 Å². The van der Waals surface area contributed by atoms with Crippen LogP contribution in [0.1, 0.15) is 18.9 Å². The molecule has 0 unspecified atom stereocenters. The van der Waals surface area contributed by atoms with Crippen molar-refractivity contribution in [1.82, 2.24) is 0 Å². The van der Waals surface area contributed by atoms with Crippen molar-refractivity contribution in [2.45, 2.75) is 19.8 Å². The van der Waals surface area contributed by atoms with E-state index in [0.717, 1.165) is 12.1 Å². The van der Waals surface area contributed by atoms with Crippen molar-refractivity contribution in [2.24, 2.45) is 0 Å². The molecule has 0 spiro atoms. The summed E-state index contributed by atoms with van der Waals surface area (Å²) < 4.78 is 5.49. The number of anilines is 1. The van der Waals surface area contributed by atoms with Crippen molar-refractivity contribution in [1.29, 1.82) is 0 Å². The van der Waals surface area contributed by atoms with Crippen molar-refractivity contribution in [3.63, 3.8) is 0 Å². The first-order valence-electron chi connectivity index (χ1n) is 6.95. The van der Waals surface area contributed by atoms with Crippen LogP contribution in [0.4, 0.5) is 5.69 Å². The van der Waals surface area contributed by atoms with E-state index in [-0.39, 0.29) is 12.3 Å². The number of halogens is 1. The summed E-state index contributed by atoms with van der Waals surface area (Å²) in [5.41, 5.74) is 2.05. The number of carbonyl (C=O) groups excluding carboxylic acids is 1. The lowest BCUT2D eigenvalue weighted by atomic mass is 10.1. The van der Waals surface area contributed by atoms with Gasteiger partial charge in [-0.3, -0.25) is 4.79 Å². The smallest absolute Gasteiger partial charge is 0.227 e. The van der Waals surface area contributed by atoms with Crippen molar-refractivity contribution in [3.8, 4) is 5.75 Å². The molecule has 0 saturated carbocycles. The van der Waals surface area contributed by atoms with E-state index in [9.17, 15) is 4.79 Å². The average molecular weight is 304 g/mol. The van der Waals surface area contributed by atoms with Gasteiger partial charge in [-0.1, -0.05) is 42.8 Å². The third-order valence-corrected chi connectivity index (χ3v) is 3.38. The van der Waals surface area contributed by atoms with E-state index in [1.54, 1.807) is 12.1 Å². The van der Waals surface area contributed by atoms with Gasteiger partial charge in [0.15, 0.2) is 0 Å². The Labute approximate surface area is 129 Å². The molecule has 2 aromatic rings. The van der Waals surface area contributed by atoms with Gasteiger partial charge in [-0.25, -0.2) is 0 Å². The highest BCUT2D eigenvalue weighted by Crippen LogP contribution is 2.23. The number of carbonyl (C=O) groups is 1. The monoisotopic (exact) mass is 303 g/mol. The summed E-state index contributed by atoms with van der Waals surface area (Å²) in [4.78, 5) is 11.8. The third-order valence-electron chi connectivity index (χ3n) is 3.07. The summed E-state index contributed by atoms with van der Waals surface area (Å²) in [6.45, 7) is 2.39. The molecule has 0 aliphatic heterocycles. The van der Waals surface area contributed by atoms with E-state index in [4.69, 9.17) is 16.3 Å². The number of hydrogen-bond donors (Lipinski definition) is 1. The van der Waals surface area contributed by atoms with Crippen LogP contribution >= 0.6 is 11.6 Å². The van der Waals surface area contributed by atoms with Crippen LogP contribution in [0.3, 0.4) is 0 Å². The Balaban J connectivity index is 1.78. The Kier molecular flexibility index (Phi) is 5.64. The Morgan fingerprint density at radius 1 is 1.14 bits per heavy atom. The minimum absolute atomic E-state index is 0.0775. The minimum Gasteiger partial charge on any atom is -0.491 e. The fraction of sp³-hybridized carbons (Fsp3) is 0.235. The largest absolute Gasteiger partial charge is 0.491 e. The van der Waals surface area contributed by atoms with E-state index in [2.05, 4.69) is 12.2 Å². The van der Waals surface area contributed by atoms with E-state index >= 15 is 0 Å². The van der Waals surface area contributed by atoms with Gasteiger partial charge in [0.1, 0.15) is 5.75 Å². The second kappa shape index (κ2) is 7.70. The summed E-state index contributed by atoms with van der Waals surface area (Å²) in [5.74, 6) is 0.519. The lowest BCUT2D eigenvalue weighted by molar-refractivity contribution is -0.116. The number of rotatable bonds is 6. The predicted octanol–water partition coefficient (Wildman–Crippen LogP) is 4.31. The van der Waals surface area contributed by atoms with E-state index in [0.29, 0.717) is 17.4 Å². The molecular weight excluding hydrogens is 286 g/mol. The summed E-state index contributed by atoms with van der Waals surface area (Å²) >= 11 is 5.97. The molecular formula is C17H18ClNO2. The molecule has 0 aliphatic rings. The highest BCUT2D eigenvalue weighted by Gasteiger charge is 2.04. The first-order valence-corrected chi connectivity index (χ1v) is 7.33. The Morgan fingerprint density at radius 2 is 1.86 bits per heavy atom. The quantitative estimate of drug-likeness (QED) is 0.863. The minimum atomic E-state index is -0.0775. The Hall–Kier alpha value is -2.00. The van der Waals surface area contributed by atoms with Gasteiger partial charge in [-0.2, -0.15) is 0 Å². The molecule has 110 valence electrons. The molecule has 1 N–H and O–H groups in total. The zero-order chi connectivity index (χ0) is 15.1. The third kappa shape index (κ3) is 4.80. The van der Waals surface area contributed by atoms with Crippen LogP contribution in [0.25, 0.3) is 0 Å². The lowest BCUT2D eigenvalue weighted by Gasteiger charge is -2.08. The maximum absolute atomic E-state index is 11.8. The van der Waals surface area contributed by atoms with Crippen LogP contribution in [0.15, 0.2) is 48.5 Å². The van der Waals surface area contributed by atoms with Gasteiger partial charge in [0.05, 0.1) is 18.1 Å². The maximum Gasteiger partial charge on any atom is 0.227 e. The van der Waals surface area contributed by atoms with Crippen LogP contribution in [-0.2, 0) is 11.2 Å². The second-order valence-corrected chi connectivity index (χ2v) is 5.03. The van der Waals surface area contributed by atoms with E-state index in [1.165, 1.54) is 5.56 Å². The molecule has 0 heterocycles. The standard InChI is InChI=1S/C17H18ClNO2/c1-2-13-7-9-14(10-8-13)19-17(20)11-12-21-16-6-4-3-5-15(16)18/h3-10H,2,11-12H2,1H3,(H,19,20). The van der Waals surface area contributed by atoms with E-state index < -0.39 is 0 Å². The summed E-state index contributed by atoms with van der Waals surface area (Å²) in [5, 5.41) is 3.39. The summed E-state index contributed by atoms with van der Waals surface area (Å²) in [7, 11) is 0. The first-order chi connectivity index (χ1) is 10.2. The SMILES string of the molecule is CCc1ccc(NC(=O)CCOc2ccccc2Cl)cc1. The molecule has 0 bridgehead atoms. The number of benzene rings is 2. The number of hydrogen-bond acceptors (Lipinski definition) is 2. The highest BCUT2D eigenvalue weighted by atomic mass is 35.5. The summed E-state index contributed by atoms with van der Waals surface area (Å²) in [6, 6.07) is 15.1. The zero-order valence-corrected chi connectivity index (χ0v) is 12.7. The van der Waals surface area contributed by atoms with Gasteiger partial charge < -0.3 is 10.1 Å². The summed E-state index contributed by atoms with van der Waals surface area (Å²) in [6.07, 6.45) is 1.26. The normalized spacial score (nSPS) is 10.2. The van der Waals surface area contributed by atoms with Gasteiger partial charge in [-0.15, -0.1) is 0 Å². The molecule has 1 amide bonds. The van der Waals surface area contributed by atoms with Crippen molar-refractivity contribution in [2.75, 3.05) is 11.9 Å². The average Bonchev–Trinajstić information content (AvgIpc) is 2.50. The molecule has 0 aliphatic carbocycles. The molecule has 0 aromatic heterocycles. The van der Waals surface area contributed by atoms with Gasteiger partial charge in [0, 0.05) is 5.69 Å². The van der Waals surface area contributed by atoms with Gasteiger partial charge in [0.25, 0.3) is 0 Å². The van der Waals surface area contributed by atoms with Crippen LogP contribution in [0.5, 0.6) is 5.75 Å². The molecule has 2 rings (SSSR count). The van der Waals surface area contributed by atoms with Crippen LogP contribution in [-0.4, -0.2) is 12.5 Å². The second-order valence-electron chi connectivity index (χ2n) is 4.63. The molecule has 21 heavy (non-hydrogen) atoms. The molecule has 4 heteroatoms. The maximum atomic E-state index is 11.8. The fourth-order valence-corrected chi connectivity index (χ4v) is 2.05. The van der Waals surface area contributed by atoms with Crippen molar-refractivity contribution in [3.05, 3.63) is 59.1 Å². The number of amides is 1. The Bertz CT molecular complexity index is 596. The van der Waals surface area contributed by atoms with Crippen LogP contribution in [0, 0.1) is 0 Å². The number of aryl methyl sites for hydroxylation is 1. The van der Waals surface area contributed by atoms with Crippen LogP contribution < -0.4 is 10.1 Å². The lowest BCUT2D eigenvalue weighted by Crippen LogP contribution is -2.15. The zero-order valence-electron chi connectivity index (χ0n) is 11.9. The first kappa shape index (κ1) is 15.4. The van der Waals surface area contributed by atoms with Gasteiger partial charge >= 0.3 is 0 Å². The number of para-hydroxylation sites is 1. The molecule has 2 aromatic carbocycles. The van der Waals surface area contributed by atoms with Crippen molar-refractivity contribution < 1.29 is 9.53 Å². The van der Waals surface area contributed by atoms with Gasteiger partial charge in [-0.05, 0) is 36.2 Å². The molecule has 0 radical (unpaired) electrons. The Morgan fingerprint density at radius 3 is 2.52 bits per heavy atom. The number of nitrogens with one attached hydrogen (secondary N) is 1. The highest BCUT2D eigenvalue weighted by molar-refractivity contribution is 6.32. The molecule has 0 saturated heterocycles. The molecule has 3 nitrogen and oxygen atoms in total.